The molecule has 2 aliphatic rings. The molecule has 0 amide bonds. The zero-order chi connectivity index (χ0) is 25.3. The lowest BCUT2D eigenvalue weighted by Crippen LogP contribution is -2.61. The van der Waals surface area contributed by atoms with Crippen molar-refractivity contribution in [1.82, 2.24) is 4.90 Å². The van der Waals surface area contributed by atoms with E-state index in [1.54, 1.807) is 6.07 Å². The van der Waals surface area contributed by atoms with Crippen LogP contribution in [0.4, 0.5) is 0 Å². The first-order valence-electron chi connectivity index (χ1n) is 12.7. The van der Waals surface area contributed by atoms with Gasteiger partial charge < -0.3 is 19.8 Å². The fourth-order valence-electron chi connectivity index (χ4n) is 6.72. The van der Waals surface area contributed by atoms with E-state index in [4.69, 9.17) is 4.74 Å². The maximum Gasteiger partial charge on any atom is 0.312 e. The van der Waals surface area contributed by atoms with Gasteiger partial charge in [-0.1, -0.05) is 73.7 Å². The maximum atomic E-state index is 12.8. The molecule has 0 spiro atoms. The molecule has 0 saturated carbocycles. The van der Waals surface area contributed by atoms with Crippen LogP contribution >= 0.6 is 0 Å². The molecular formula is C31H35NO4. The lowest BCUT2D eigenvalue weighted by atomic mass is 9.50. The van der Waals surface area contributed by atoms with Gasteiger partial charge in [-0.05, 0) is 65.6 Å². The summed E-state index contributed by atoms with van der Waals surface area (Å²) in [5, 5.41) is 21.5. The second-order valence-electron chi connectivity index (χ2n) is 10.8. The Morgan fingerprint density at radius 1 is 1.00 bits per heavy atom. The van der Waals surface area contributed by atoms with Crippen molar-refractivity contribution >= 4 is 5.97 Å². The van der Waals surface area contributed by atoms with Crippen LogP contribution in [0.5, 0.6) is 5.75 Å². The van der Waals surface area contributed by atoms with Crippen LogP contribution in [0, 0.1) is 11.3 Å². The Morgan fingerprint density at radius 3 is 2.39 bits per heavy atom. The second kappa shape index (κ2) is 9.72. The van der Waals surface area contributed by atoms with Gasteiger partial charge in [-0.15, -0.1) is 0 Å². The minimum Gasteiger partial charge on any atom is -0.508 e. The van der Waals surface area contributed by atoms with Crippen molar-refractivity contribution in [3.05, 3.63) is 101 Å². The van der Waals surface area contributed by atoms with Crippen LogP contribution in [0.3, 0.4) is 0 Å². The molecule has 4 atom stereocenters. The number of rotatable bonds is 6. The third kappa shape index (κ3) is 4.31. The molecule has 2 N–H and O–H groups in total. The molecule has 1 fully saturated rings. The molecule has 1 aliphatic carbocycles. The fraction of sp³-hybridized carbons (Fsp3) is 0.387. The van der Waals surface area contributed by atoms with Gasteiger partial charge in [-0.3, -0.25) is 4.79 Å². The van der Waals surface area contributed by atoms with Crippen LogP contribution in [0.15, 0.2) is 78.9 Å². The van der Waals surface area contributed by atoms with E-state index in [-0.39, 0.29) is 10.8 Å². The lowest BCUT2D eigenvalue weighted by molar-refractivity contribution is -0.151. The third-order valence-corrected chi connectivity index (χ3v) is 8.65. The Labute approximate surface area is 213 Å². The Hall–Kier alpha value is -3.15. The van der Waals surface area contributed by atoms with Gasteiger partial charge in [0, 0.05) is 18.5 Å². The molecule has 0 bridgehead atoms. The van der Waals surface area contributed by atoms with E-state index in [0.717, 1.165) is 37.9 Å². The van der Waals surface area contributed by atoms with E-state index < -0.39 is 18.0 Å². The SMILES string of the molecule is COC(=O)C(CN1CC[C@@]2(c3cccc(O)c3)Cc3ccccc3C[C@@]2(C)C1)[C@@H](O)c1ccccc1. The van der Waals surface area contributed by atoms with E-state index in [1.165, 1.54) is 23.8 Å². The average molecular weight is 486 g/mol. The minimum absolute atomic E-state index is 0.119. The Kier molecular flexibility index (Phi) is 6.62. The van der Waals surface area contributed by atoms with Gasteiger partial charge in [0.1, 0.15) is 5.75 Å². The number of ether oxygens (including phenoxy) is 1. The first-order valence-corrected chi connectivity index (χ1v) is 12.7. The summed E-state index contributed by atoms with van der Waals surface area (Å²) in [4.78, 5) is 15.1. The van der Waals surface area contributed by atoms with Crippen molar-refractivity contribution in [2.45, 2.75) is 37.7 Å². The van der Waals surface area contributed by atoms with E-state index in [2.05, 4.69) is 42.2 Å². The summed E-state index contributed by atoms with van der Waals surface area (Å²) >= 11 is 0. The van der Waals surface area contributed by atoms with Crippen molar-refractivity contribution in [2.24, 2.45) is 11.3 Å². The van der Waals surface area contributed by atoms with E-state index in [9.17, 15) is 15.0 Å². The first kappa shape index (κ1) is 24.5. The van der Waals surface area contributed by atoms with Gasteiger partial charge >= 0.3 is 5.97 Å². The highest BCUT2D eigenvalue weighted by Gasteiger charge is 2.55. The lowest BCUT2D eigenvalue weighted by Gasteiger charge is -2.58. The van der Waals surface area contributed by atoms with Crippen LogP contribution < -0.4 is 0 Å². The summed E-state index contributed by atoms with van der Waals surface area (Å²) in [5.41, 5.74) is 4.39. The number of piperidine rings is 1. The van der Waals surface area contributed by atoms with Crippen LogP contribution in [-0.4, -0.2) is 47.8 Å². The standard InChI is InChI=1S/C31H35NO4/c1-30-18-23-11-6-7-12-24(23)19-31(30,25-13-8-14-26(33)17-25)15-16-32(21-30)20-27(29(35)36-2)28(34)22-9-4-3-5-10-22/h3-14,17,27-28,33-34H,15-16,18-21H2,1-2H3/t27?,28-,30-,31-/m0/s1. The molecule has 1 unspecified atom stereocenters. The van der Waals surface area contributed by atoms with Crippen LogP contribution in [0.1, 0.15) is 41.7 Å². The quantitative estimate of drug-likeness (QED) is 0.497. The number of phenolic OH excluding ortho intramolecular Hbond substituents is 1. The van der Waals surface area contributed by atoms with Gasteiger partial charge in [0.2, 0.25) is 0 Å². The molecule has 0 aromatic heterocycles. The molecule has 188 valence electrons. The molecule has 36 heavy (non-hydrogen) atoms. The summed E-state index contributed by atoms with van der Waals surface area (Å²) in [5.74, 6) is -0.775. The molecule has 5 rings (SSSR count). The topological polar surface area (TPSA) is 70.0 Å². The number of likely N-dealkylation sites (tertiary alicyclic amines) is 1. The maximum absolute atomic E-state index is 12.8. The number of methoxy groups -OCH3 is 1. The number of carbonyl (C=O) groups is 1. The van der Waals surface area contributed by atoms with Crippen molar-refractivity contribution in [1.29, 1.82) is 0 Å². The average Bonchev–Trinajstić information content (AvgIpc) is 2.89. The van der Waals surface area contributed by atoms with E-state index in [1.807, 2.05) is 42.5 Å². The van der Waals surface area contributed by atoms with E-state index in [0.29, 0.717) is 12.3 Å². The number of aliphatic hydroxyl groups excluding tert-OH is 1. The zero-order valence-corrected chi connectivity index (χ0v) is 21.1. The van der Waals surface area contributed by atoms with Gasteiger partial charge in [0.05, 0.1) is 19.1 Å². The Balaban J connectivity index is 1.48. The van der Waals surface area contributed by atoms with Crippen molar-refractivity contribution in [3.63, 3.8) is 0 Å². The molecule has 5 heteroatoms. The number of nitrogens with zero attached hydrogens (tertiary/aromatic N) is 1. The van der Waals surface area contributed by atoms with Crippen molar-refractivity contribution < 1.29 is 19.7 Å². The number of aromatic hydroxyl groups is 1. The number of hydrogen-bond donors (Lipinski definition) is 2. The van der Waals surface area contributed by atoms with Gasteiger partial charge in [-0.2, -0.15) is 0 Å². The fourth-order valence-corrected chi connectivity index (χ4v) is 6.72. The smallest absolute Gasteiger partial charge is 0.312 e. The number of carbonyl (C=O) groups excluding carboxylic acids is 1. The molecule has 5 nitrogen and oxygen atoms in total. The van der Waals surface area contributed by atoms with E-state index >= 15 is 0 Å². The normalized spacial score (nSPS) is 25.3. The summed E-state index contributed by atoms with van der Waals surface area (Å²) in [6.45, 7) is 4.35. The predicted molar refractivity (Wildman–Crippen MR) is 140 cm³/mol. The number of phenols is 1. The number of hydrogen-bond acceptors (Lipinski definition) is 5. The Morgan fingerprint density at radius 2 is 1.69 bits per heavy atom. The minimum atomic E-state index is -0.934. The largest absolute Gasteiger partial charge is 0.508 e. The number of esters is 1. The monoisotopic (exact) mass is 485 g/mol. The number of benzene rings is 3. The highest BCUT2D eigenvalue weighted by molar-refractivity contribution is 5.73. The van der Waals surface area contributed by atoms with Crippen LogP contribution in [0.2, 0.25) is 0 Å². The molecular weight excluding hydrogens is 450 g/mol. The van der Waals surface area contributed by atoms with Gasteiger partial charge in [0.25, 0.3) is 0 Å². The van der Waals surface area contributed by atoms with Gasteiger partial charge in [-0.25, -0.2) is 0 Å². The van der Waals surface area contributed by atoms with Crippen LogP contribution in [-0.2, 0) is 27.8 Å². The molecule has 3 aromatic carbocycles. The van der Waals surface area contributed by atoms with Crippen molar-refractivity contribution in [2.75, 3.05) is 26.7 Å². The molecule has 1 aliphatic heterocycles. The molecule has 1 heterocycles. The van der Waals surface area contributed by atoms with Gasteiger partial charge in [0.15, 0.2) is 0 Å². The summed E-state index contributed by atoms with van der Waals surface area (Å²) in [7, 11) is 1.38. The summed E-state index contributed by atoms with van der Waals surface area (Å²) in [6, 6.07) is 25.8. The number of aliphatic hydroxyl groups is 1. The predicted octanol–water partition coefficient (Wildman–Crippen LogP) is 4.66. The molecule has 1 saturated heterocycles. The van der Waals surface area contributed by atoms with Crippen molar-refractivity contribution in [3.8, 4) is 5.75 Å². The van der Waals surface area contributed by atoms with Crippen LogP contribution in [0.25, 0.3) is 0 Å². The summed E-state index contributed by atoms with van der Waals surface area (Å²) in [6.07, 6.45) is 1.80. The number of fused-ring (bicyclic) bond motifs is 2. The zero-order valence-electron chi connectivity index (χ0n) is 21.1. The first-order chi connectivity index (χ1) is 17.3. The highest BCUT2D eigenvalue weighted by atomic mass is 16.5. The third-order valence-electron chi connectivity index (χ3n) is 8.65. The Bertz CT molecular complexity index is 1230. The molecule has 3 aromatic rings. The summed E-state index contributed by atoms with van der Waals surface area (Å²) < 4.78 is 5.12. The molecule has 0 radical (unpaired) electrons. The second-order valence-corrected chi connectivity index (χ2v) is 10.8. The highest BCUT2D eigenvalue weighted by Crippen LogP contribution is 2.55.